The first-order valence-corrected chi connectivity index (χ1v) is 6.46. The molecule has 0 bridgehead atoms. The van der Waals surface area contributed by atoms with Crippen LogP contribution >= 0.6 is 0 Å². The average Bonchev–Trinajstić information content (AvgIpc) is 2.53. The normalized spacial score (nSPS) is 10.5. The first kappa shape index (κ1) is 13.1. The van der Waals surface area contributed by atoms with Crippen molar-refractivity contribution >= 4 is 17.3 Å². The van der Waals surface area contributed by atoms with E-state index in [0.717, 1.165) is 17.2 Å². The van der Waals surface area contributed by atoms with Gasteiger partial charge in [0.25, 0.3) is 0 Å². The van der Waals surface area contributed by atoms with E-state index < -0.39 is 5.63 Å². The number of hydrogen-bond acceptors (Lipinski definition) is 4. The molecule has 0 aliphatic heterocycles. The van der Waals surface area contributed by atoms with E-state index in [4.69, 9.17) is 9.15 Å². The highest BCUT2D eigenvalue weighted by molar-refractivity contribution is 5.79. The highest BCUT2D eigenvalue weighted by atomic mass is 16.5. The molecule has 0 spiro atoms. The fourth-order valence-electron chi connectivity index (χ4n) is 2.10. The molecule has 0 fully saturated rings. The lowest BCUT2D eigenvalue weighted by atomic mass is 10.1. The van der Waals surface area contributed by atoms with Gasteiger partial charge in [-0.2, -0.15) is 0 Å². The zero-order valence-electron chi connectivity index (χ0n) is 11.1. The Kier molecular flexibility index (Phi) is 3.51. The molecule has 3 aromatic rings. The summed E-state index contributed by atoms with van der Waals surface area (Å²) < 4.78 is 10.8. The van der Waals surface area contributed by atoms with Crippen molar-refractivity contribution in [2.24, 2.45) is 0 Å². The van der Waals surface area contributed by atoms with Gasteiger partial charge in [0, 0.05) is 22.6 Å². The minimum atomic E-state index is -0.399. The highest BCUT2D eigenvalue weighted by Gasteiger charge is 2.05. The minimum absolute atomic E-state index is 0.256. The van der Waals surface area contributed by atoms with Crippen molar-refractivity contribution < 1.29 is 13.9 Å². The Bertz CT molecular complexity index is 831. The van der Waals surface area contributed by atoms with Gasteiger partial charge in [-0.15, -0.1) is 0 Å². The summed E-state index contributed by atoms with van der Waals surface area (Å²) in [5.74, 6) is 0.637. The van der Waals surface area contributed by atoms with Crippen LogP contribution in [0.1, 0.15) is 15.9 Å². The molecule has 21 heavy (non-hydrogen) atoms. The average molecular weight is 280 g/mol. The number of fused-ring (bicyclic) bond motifs is 1. The number of rotatable bonds is 4. The maximum absolute atomic E-state index is 11.5. The number of carbonyl (C=O) groups is 1. The van der Waals surface area contributed by atoms with Gasteiger partial charge >= 0.3 is 5.63 Å². The quantitative estimate of drug-likeness (QED) is 0.544. The second-order valence-corrected chi connectivity index (χ2v) is 4.56. The second-order valence-electron chi connectivity index (χ2n) is 4.56. The van der Waals surface area contributed by atoms with Gasteiger partial charge in [0.2, 0.25) is 0 Å². The lowest BCUT2D eigenvalue weighted by Crippen LogP contribution is -2.04. The van der Waals surface area contributed by atoms with Crippen molar-refractivity contribution in [2.75, 3.05) is 0 Å². The van der Waals surface area contributed by atoms with Gasteiger partial charge in [-0.1, -0.05) is 18.2 Å². The van der Waals surface area contributed by atoms with Gasteiger partial charge in [-0.25, -0.2) is 4.79 Å². The summed E-state index contributed by atoms with van der Waals surface area (Å²) in [4.78, 5) is 22.1. The fraction of sp³-hybridized carbons (Fsp3) is 0.0588. The molecule has 0 atom stereocenters. The fourth-order valence-corrected chi connectivity index (χ4v) is 2.10. The van der Waals surface area contributed by atoms with Crippen LogP contribution in [0.25, 0.3) is 11.0 Å². The Labute approximate surface area is 120 Å². The molecule has 3 rings (SSSR count). The predicted octanol–water partition coefficient (Wildman–Crippen LogP) is 3.18. The molecule has 0 N–H and O–H groups in total. The van der Waals surface area contributed by atoms with Crippen LogP contribution in [0.2, 0.25) is 0 Å². The number of carbonyl (C=O) groups excluding carboxylic acids is 1. The molecule has 0 saturated carbocycles. The zero-order chi connectivity index (χ0) is 14.7. The second kappa shape index (κ2) is 5.63. The molecule has 0 unspecified atom stereocenters. The van der Waals surface area contributed by atoms with Crippen LogP contribution in [-0.4, -0.2) is 6.29 Å². The van der Waals surface area contributed by atoms with Crippen molar-refractivity contribution in [1.82, 2.24) is 0 Å². The standard InChI is InChI=1S/C17H12O4/c18-10-12-5-7-14(8-6-12)20-11-13-9-17(19)21-16-4-2-1-3-15(13)16/h1-10H,11H2. The Balaban J connectivity index is 1.87. The van der Waals surface area contributed by atoms with Gasteiger partial charge in [0.05, 0.1) is 0 Å². The summed E-state index contributed by atoms with van der Waals surface area (Å²) in [6.07, 6.45) is 0.777. The van der Waals surface area contributed by atoms with Gasteiger partial charge in [0.1, 0.15) is 24.2 Å². The van der Waals surface area contributed by atoms with E-state index in [1.165, 1.54) is 6.07 Å². The van der Waals surface area contributed by atoms with Crippen LogP contribution in [0, 0.1) is 0 Å². The summed E-state index contributed by atoms with van der Waals surface area (Å²) in [5, 5.41) is 0.849. The molecule has 0 amide bonds. The Hall–Kier alpha value is -2.88. The van der Waals surface area contributed by atoms with Crippen LogP contribution in [0.3, 0.4) is 0 Å². The summed E-state index contributed by atoms with van der Waals surface area (Å²) in [5.41, 5.74) is 1.50. The smallest absolute Gasteiger partial charge is 0.336 e. The maximum atomic E-state index is 11.5. The Morgan fingerprint density at radius 3 is 2.57 bits per heavy atom. The number of hydrogen-bond donors (Lipinski definition) is 0. The highest BCUT2D eigenvalue weighted by Crippen LogP contribution is 2.19. The van der Waals surface area contributed by atoms with Crippen LogP contribution in [0.5, 0.6) is 5.75 Å². The van der Waals surface area contributed by atoms with E-state index in [2.05, 4.69) is 0 Å². The number of aldehydes is 1. The molecule has 0 aliphatic rings. The van der Waals surface area contributed by atoms with Gasteiger partial charge in [-0.3, -0.25) is 4.79 Å². The minimum Gasteiger partial charge on any atom is -0.489 e. The van der Waals surface area contributed by atoms with E-state index >= 15 is 0 Å². The molecular weight excluding hydrogens is 268 g/mol. The van der Waals surface area contributed by atoms with E-state index in [9.17, 15) is 9.59 Å². The van der Waals surface area contributed by atoms with Crippen molar-refractivity contribution in [2.45, 2.75) is 6.61 Å². The molecule has 0 saturated heterocycles. The van der Waals surface area contributed by atoms with Crippen molar-refractivity contribution in [3.63, 3.8) is 0 Å². The number of ether oxygens (including phenoxy) is 1. The third-order valence-electron chi connectivity index (χ3n) is 3.15. The molecular formula is C17H12O4. The summed E-state index contributed by atoms with van der Waals surface area (Å²) in [6, 6.07) is 15.6. The van der Waals surface area contributed by atoms with E-state index in [0.29, 0.717) is 16.9 Å². The molecule has 1 aromatic heterocycles. The third kappa shape index (κ3) is 2.84. The molecule has 4 nitrogen and oxygen atoms in total. The molecule has 104 valence electrons. The van der Waals surface area contributed by atoms with Crippen molar-refractivity contribution in [3.8, 4) is 5.75 Å². The largest absolute Gasteiger partial charge is 0.489 e. The SMILES string of the molecule is O=Cc1ccc(OCc2cc(=O)oc3ccccc23)cc1. The van der Waals surface area contributed by atoms with E-state index in [1.807, 2.05) is 18.2 Å². The van der Waals surface area contributed by atoms with Crippen molar-refractivity contribution in [1.29, 1.82) is 0 Å². The van der Waals surface area contributed by atoms with Gasteiger partial charge in [0.15, 0.2) is 0 Å². The third-order valence-corrected chi connectivity index (χ3v) is 3.15. The first-order chi connectivity index (χ1) is 10.3. The monoisotopic (exact) mass is 280 g/mol. The molecule has 1 heterocycles. The lowest BCUT2D eigenvalue weighted by Gasteiger charge is -2.08. The summed E-state index contributed by atoms with van der Waals surface area (Å²) >= 11 is 0. The number of para-hydroxylation sites is 1. The van der Waals surface area contributed by atoms with Crippen molar-refractivity contribution in [3.05, 3.63) is 76.1 Å². The molecule has 0 radical (unpaired) electrons. The van der Waals surface area contributed by atoms with Crippen LogP contribution in [0.15, 0.2) is 63.8 Å². The predicted molar refractivity (Wildman–Crippen MR) is 78.6 cm³/mol. The maximum Gasteiger partial charge on any atom is 0.336 e. The first-order valence-electron chi connectivity index (χ1n) is 6.46. The lowest BCUT2D eigenvalue weighted by molar-refractivity contribution is 0.112. The summed E-state index contributed by atoms with van der Waals surface area (Å²) in [7, 11) is 0. The van der Waals surface area contributed by atoms with E-state index in [1.54, 1.807) is 30.3 Å². The topological polar surface area (TPSA) is 56.5 Å². The molecule has 2 aromatic carbocycles. The zero-order valence-corrected chi connectivity index (χ0v) is 11.1. The Morgan fingerprint density at radius 1 is 1.05 bits per heavy atom. The van der Waals surface area contributed by atoms with Crippen LogP contribution in [-0.2, 0) is 6.61 Å². The summed E-state index contributed by atoms with van der Waals surface area (Å²) in [6.45, 7) is 0.256. The number of benzene rings is 2. The molecule has 4 heteroatoms. The molecule has 0 aliphatic carbocycles. The van der Waals surface area contributed by atoms with Crippen LogP contribution in [0.4, 0.5) is 0 Å². The Morgan fingerprint density at radius 2 is 1.81 bits per heavy atom. The van der Waals surface area contributed by atoms with Gasteiger partial charge in [-0.05, 0) is 30.3 Å². The van der Waals surface area contributed by atoms with E-state index in [-0.39, 0.29) is 6.61 Å². The van der Waals surface area contributed by atoms with Crippen LogP contribution < -0.4 is 10.4 Å². The van der Waals surface area contributed by atoms with Gasteiger partial charge < -0.3 is 9.15 Å².